The predicted octanol–water partition coefficient (Wildman–Crippen LogP) is 4.14. The molecule has 0 saturated heterocycles. The van der Waals surface area contributed by atoms with Gasteiger partial charge in [0.15, 0.2) is 0 Å². The number of benzene rings is 3. The Morgan fingerprint density at radius 1 is 0.952 bits per heavy atom. The number of rotatable bonds is 3. The van der Waals surface area contributed by atoms with Crippen LogP contribution in [-0.4, -0.2) is 0 Å². The zero-order valence-corrected chi connectivity index (χ0v) is 13.3. The summed E-state index contributed by atoms with van der Waals surface area (Å²) >= 11 is 2.13. The Balaban J connectivity index is 2.09. The molecule has 3 aromatic carbocycles. The summed E-state index contributed by atoms with van der Waals surface area (Å²) < 4.78 is 14.1. The molecule has 3 N–H and O–H groups in total. The molecule has 106 valence electrons. The molecule has 0 spiro atoms. The van der Waals surface area contributed by atoms with Gasteiger partial charge in [-0.2, -0.15) is 0 Å². The third-order valence-electron chi connectivity index (χ3n) is 3.55. The van der Waals surface area contributed by atoms with Gasteiger partial charge in [0.25, 0.3) is 0 Å². The van der Waals surface area contributed by atoms with Gasteiger partial charge in [0.1, 0.15) is 5.82 Å². The molecule has 4 heteroatoms. The molecule has 0 amide bonds. The van der Waals surface area contributed by atoms with Crippen molar-refractivity contribution in [3.8, 4) is 0 Å². The maximum Gasteiger partial charge on any atom is 0.124 e. The second kappa shape index (κ2) is 6.09. The van der Waals surface area contributed by atoms with Crippen LogP contribution in [0.4, 0.5) is 4.39 Å². The van der Waals surface area contributed by atoms with Crippen LogP contribution in [0.15, 0.2) is 60.7 Å². The Kier molecular flexibility index (Phi) is 4.19. The minimum Gasteiger partial charge on any atom is -0.271 e. The second-order valence-corrected chi connectivity index (χ2v) is 6.03. The third-order valence-corrected chi connectivity index (χ3v) is 4.48. The van der Waals surface area contributed by atoms with Crippen LogP contribution < -0.4 is 11.3 Å². The summed E-state index contributed by atoms with van der Waals surface area (Å²) in [6.45, 7) is 0. The van der Waals surface area contributed by atoms with Crippen molar-refractivity contribution in [1.29, 1.82) is 0 Å². The van der Waals surface area contributed by atoms with Crippen molar-refractivity contribution in [1.82, 2.24) is 5.43 Å². The molecule has 0 fully saturated rings. The van der Waals surface area contributed by atoms with Gasteiger partial charge < -0.3 is 0 Å². The van der Waals surface area contributed by atoms with E-state index in [2.05, 4.69) is 52.3 Å². The number of hydrazine groups is 1. The van der Waals surface area contributed by atoms with Crippen molar-refractivity contribution in [2.24, 2.45) is 5.84 Å². The smallest absolute Gasteiger partial charge is 0.124 e. The van der Waals surface area contributed by atoms with Gasteiger partial charge in [0.05, 0.1) is 6.04 Å². The van der Waals surface area contributed by atoms with Crippen molar-refractivity contribution in [3.63, 3.8) is 0 Å². The lowest BCUT2D eigenvalue weighted by Gasteiger charge is -2.19. The first kappa shape index (κ1) is 14.4. The summed E-state index contributed by atoms with van der Waals surface area (Å²) in [7, 11) is 0. The van der Waals surface area contributed by atoms with E-state index in [0.717, 1.165) is 20.1 Å². The van der Waals surface area contributed by atoms with Crippen LogP contribution in [0.5, 0.6) is 0 Å². The SMILES string of the molecule is NNC(c1ccc2ccccc2c1)c1ccc(F)cc1I. The minimum atomic E-state index is -0.238. The van der Waals surface area contributed by atoms with Crippen LogP contribution in [0.1, 0.15) is 17.2 Å². The van der Waals surface area contributed by atoms with E-state index in [-0.39, 0.29) is 11.9 Å². The molecular weight excluding hydrogens is 378 g/mol. The van der Waals surface area contributed by atoms with Gasteiger partial charge in [-0.25, -0.2) is 9.82 Å². The van der Waals surface area contributed by atoms with E-state index in [1.807, 2.05) is 18.2 Å². The summed E-state index contributed by atoms with van der Waals surface area (Å²) in [6.07, 6.45) is 0. The predicted molar refractivity (Wildman–Crippen MR) is 92.2 cm³/mol. The molecule has 0 aliphatic heterocycles. The summed E-state index contributed by atoms with van der Waals surface area (Å²) in [6, 6.07) is 19.0. The summed E-state index contributed by atoms with van der Waals surface area (Å²) in [5.41, 5.74) is 4.86. The molecule has 21 heavy (non-hydrogen) atoms. The number of hydrogen-bond donors (Lipinski definition) is 2. The highest BCUT2D eigenvalue weighted by Gasteiger charge is 2.16. The van der Waals surface area contributed by atoms with Crippen molar-refractivity contribution in [3.05, 3.63) is 81.2 Å². The molecule has 0 heterocycles. The maximum atomic E-state index is 13.3. The molecule has 0 saturated carbocycles. The van der Waals surface area contributed by atoms with Crippen LogP contribution in [0.2, 0.25) is 0 Å². The topological polar surface area (TPSA) is 38.0 Å². The van der Waals surface area contributed by atoms with Gasteiger partial charge in [-0.15, -0.1) is 0 Å². The summed E-state index contributed by atoms with van der Waals surface area (Å²) in [4.78, 5) is 0. The number of hydrogen-bond acceptors (Lipinski definition) is 2. The second-order valence-electron chi connectivity index (χ2n) is 4.87. The normalized spacial score (nSPS) is 12.5. The molecule has 1 atom stereocenters. The quantitative estimate of drug-likeness (QED) is 0.400. The Morgan fingerprint density at radius 2 is 1.71 bits per heavy atom. The molecule has 3 rings (SSSR count). The first-order valence-electron chi connectivity index (χ1n) is 6.59. The lowest BCUT2D eigenvalue weighted by Crippen LogP contribution is -2.29. The Morgan fingerprint density at radius 3 is 2.43 bits per heavy atom. The van der Waals surface area contributed by atoms with Gasteiger partial charge in [-0.05, 0) is 62.7 Å². The molecule has 0 aliphatic rings. The van der Waals surface area contributed by atoms with Gasteiger partial charge in [0, 0.05) is 3.57 Å². The number of fused-ring (bicyclic) bond motifs is 1. The van der Waals surface area contributed by atoms with Crippen LogP contribution in [0.3, 0.4) is 0 Å². The number of nitrogens with one attached hydrogen (secondary N) is 1. The zero-order chi connectivity index (χ0) is 14.8. The highest BCUT2D eigenvalue weighted by atomic mass is 127. The van der Waals surface area contributed by atoms with Gasteiger partial charge in [-0.3, -0.25) is 5.84 Å². The lowest BCUT2D eigenvalue weighted by atomic mass is 9.97. The Labute approximate surface area is 136 Å². The Bertz CT molecular complexity index is 789. The lowest BCUT2D eigenvalue weighted by molar-refractivity contribution is 0.613. The van der Waals surface area contributed by atoms with Gasteiger partial charge in [0.2, 0.25) is 0 Å². The van der Waals surface area contributed by atoms with E-state index < -0.39 is 0 Å². The molecule has 2 nitrogen and oxygen atoms in total. The molecular formula is C17H14FIN2. The summed E-state index contributed by atoms with van der Waals surface area (Å²) in [5, 5.41) is 2.35. The van der Waals surface area contributed by atoms with E-state index >= 15 is 0 Å². The summed E-state index contributed by atoms with van der Waals surface area (Å²) in [5.74, 6) is 5.50. The number of nitrogens with two attached hydrogens (primary N) is 1. The van der Waals surface area contributed by atoms with Gasteiger partial charge in [-0.1, -0.05) is 42.5 Å². The van der Waals surface area contributed by atoms with Crippen molar-refractivity contribution < 1.29 is 4.39 Å². The largest absolute Gasteiger partial charge is 0.271 e. The van der Waals surface area contributed by atoms with Crippen LogP contribution in [0.25, 0.3) is 10.8 Å². The highest BCUT2D eigenvalue weighted by Crippen LogP contribution is 2.28. The average molecular weight is 392 g/mol. The molecule has 0 aromatic heterocycles. The highest BCUT2D eigenvalue weighted by molar-refractivity contribution is 14.1. The van der Waals surface area contributed by atoms with E-state index in [0.29, 0.717) is 0 Å². The van der Waals surface area contributed by atoms with E-state index in [9.17, 15) is 4.39 Å². The zero-order valence-electron chi connectivity index (χ0n) is 11.2. The first-order valence-corrected chi connectivity index (χ1v) is 7.66. The molecule has 1 unspecified atom stereocenters. The standard InChI is InChI=1S/C17H14FIN2/c18-14-7-8-15(16(19)10-14)17(21-20)13-6-5-11-3-1-2-4-12(11)9-13/h1-10,17,21H,20H2. The van der Waals surface area contributed by atoms with Crippen LogP contribution in [0, 0.1) is 9.39 Å². The third kappa shape index (κ3) is 2.92. The number of halogens is 2. The van der Waals surface area contributed by atoms with Crippen LogP contribution in [-0.2, 0) is 0 Å². The fourth-order valence-electron chi connectivity index (χ4n) is 2.49. The van der Waals surface area contributed by atoms with Crippen molar-refractivity contribution >= 4 is 33.4 Å². The fourth-order valence-corrected chi connectivity index (χ4v) is 3.28. The van der Waals surface area contributed by atoms with E-state index in [1.165, 1.54) is 17.5 Å². The fraction of sp³-hybridized carbons (Fsp3) is 0.0588. The van der Waals surface area contributed by atoms with Crippen LogP contribution >= 0.6 is 22.6 Å². The molecule has 0 aliphatic carbocycles. The Hall–Kier alpha value is -1.50. The van der Waals surface area contributed by atoms with E-state index in [4.69, 9.17) is 5.84 Å². The molecule has 0 bridgehead atoms. The van der Waals surface area contributed by atoms with Crippen molar-refractivity contribution in [2.45, 2.75) is 6.04 Å². The first-order chi connectivity index (χ1) is 10.2. The monoisotopic (exact) mass is 392 g/mol. The molecule has 0 radical (unpaired) electrons. The minimum absolute atomic E-state index is 0.165. The van der Waals surface area contributed by atoms with Gasteiger partial charge >= 0.3 is 0 Å². The van der Waals surface area contributed by atoms with E-state index in [1.54, 1.807) is 6.07 Å². The average Bonchev–Trinajstić information content (AvgIpc) is 2.50. The molecule has 3 aromatic rings. The van der Waals surface area contributed by atoms with Crippen molar-refractivity contribution in [2.75, 3.05) is 0 Å². The maximum absolute atomic E-state index is 13.3.